The molecule has 22 heavy (non-hydrogen) atoms. The molecular formula is C16H20N2O4. The van der Waals surface area contributed by atoms with Crippen LogP contribution in [0.5, 0.6) is 0 Å². The summed E-state index contributed by atoms with van der Waals surface area (Å²) in [4.78, 5) is 23.4. The number of nitrogens with two attached hydrogens (primary N) is 1. The van der Waals surface area contributed by atoms with Gasteiger partial charge in [0.2, 0.25) is 0 Å². The fourth-order valence-electron chi connectivity index (χ4n) is 2.55. The van der Waals surface area contributed by atoms with Crippen molar-refractivity contribution in [3.8, 4) is 0 Å². The zero-order chi connectivity index (χ0) is 16.3. The second-order valence-electron chi connectivity index (χ2n) is 5.33. The van der Waals surface area contributed by atoms with Crippen LogP contribution in [0.25, 0.3) is 10.9 Å². The molecule has 6 heteroatoms. The molecule has 1 unspecified atom stereocenters. The molecular weight excluding hydrogens is 284 g/mol. The van der Waals surface area contributed by atoms with Crippen LogP contribution in [0, 0.1) is 0 Å². The minimum absolute atomic E-state index is 0.00337. The summed E-state index contributed by atoms with van der Waals surface area (Å²) in [6, 6.07) is 5.84. The van der Waals surface area contributed by atoms with Gasteiger partial charge in [0.1, 0.15) is 11.7 Å². The molecule has 1 aromatic carbocycles. The third-order valence-corrected chi connectivity index (χ3v) is 3.72. The Hall–Kier alpha value is -2.34. The highest BCUT2D eigenvalue weighted by Gasteiger charge is 2.25. The van der Waals surface area contributed by atoms with E-state index < -0.39 is 12.0 Å². The van der Waals surface area contributed by atoms with Crippen LogP contribution in [0.3, 0.4) is 0 Å². The van der Waals surface area contributed by atoms with Gasteiger partial charge in [-0.2, -0.15) is 4.73 Å². The first-order chi connectivity index (χ1) is 10.5. The van der Waals surface area contributed by atoms with Crippen LogP contribution in [0.2, 0.25) is 0 Å². The maximum atomic E-state index is 12.4. The quantitative estimate of drug-likeness (QED) is 0.537. The van der Waals surface area contributed by atoms with Gasteiger partial charge in [0.05, 0.1) is 5.52 Å². The number of carboxylic acid groups (broad SMARTS) is 1. The van der Waals surface area contributed by atoms with Gasteiger partial charge in [0.25, 0.3) is 0 Å². The fourth-order valence-corrected chi connectivity index (χ4v) is 2.55. The standard InChI is InChI=1S/C16H20N2O4/c1-2-3-8-14(19)15-11(9-12(17)16(20)21)10-6-4-5-7-13(10)18(15)22/h4-7,12,22H,2-3,8-9,17H2,1H3,(H,20,21). The van der Waals surface area contributed by atoms with Crippen molar-refractivity contribution in [3.63, 3.8) is 0 Å². The van der Waals surface area contributed by atoms with Gasteiger partial charge in [-0.15, -0.1) is 0 Å². The van der Waals surface area contributed by atoms with Crippen molar-refractivity contribution in [3.05, 3.63) is 35.5 Å². The van der Waals surface area contributed by atoms with E-state index in [1.165, 1.54) is 0 Å². The highest BCUT2D eigenvalue weighted by molar-refractivity contribution is 6.03. The normalized spacial score (nSPS) is 12.5. The molecule has 0 bridgehead atoms. The summed E-state index contributed by atoms with van der Waals surface area (Å²) >= 11 is 0. The molecule has 0 fully saturated rings. The molecule has 2 aromatic rings. The van der Waals surface area contributed by atoms with Crippen molar-refractivity contribution in [1.29, 1.82) is 0 Å². The minimum atomic E-state index is -1.14. The monoisotopic (exact) mass is 304 g/mol. The van der Waals surface area contributed by atoms with Crippen LogP contribution in [0.15, 0.2) is 24.3 Å². The molecule has 0 aliphatic rings. The van der Waals surface area contributed by atoms with Gasteiger partial charge in [0.15, 0.2) is 5.78 Å². The van der Waals surface area contributed by atoms with Crippen molar-refractivity contribution in [2.45, 2.75) is 38.6 Å². The number of hydrogen-bond donors (Lipinski definition) is 3. The molecule has 1 heterocycles. The topological polar surface area (TPSA) is 106 Å². The largest absolute Gasteiger partial charge is 0.480 e. The molecule has 0 amide bonds. The Labute approximate surface area is 128 Å². The number of aliphatic carboxylic acids is 1. The summed E-state index contributed by atoms with van der Waals surface area (Å²) in [7, 11) is 0. The molecule has 0 radical (unpaired) electrons. The number of fused-ring (bicyclic) bond motifs is 1. The predicted octanol–water partition coefficient (Wildman–Crippen LogP) is 2.21. The van der Waals surface area contributed by atoms with Crippen LogP contribution < -0.4 is 5.73 Å². The van der Waals surface area contributed by atoms with E-state index in [9.17, 15) is 14.8 Å². The van der Waals surface area contributed by atoms with E-state index in [1.54, 1.807) is 24.3 Å². The molecule has 0 aliphatic carbocycles. The Morgan fingerprint density at radius 1 is 1.32 bits per heavy atom. The van der Waals surface area contributed by atoms with E-state index in [0.29, 0.717) is 29.3 Å². The lowest BCUT2D eigenvalue weighted by atomic mass is 9.99. The number of rotatable bonds is 7. The van der Waals surface area contributed by atoms with Gasteiger partial charge in [-0.05, 0) is 18.1 Å². The van der Waals surface area contributed by atoms with Crippen LogP contribution in [0.1, 0.15) is 42.2 Å². The SMILES string of the molecule is CCCCC(=O)c1c(CC(N)C(=O)O)c2ccccc2n1O. The van der Waals surface area contributed by atoms with Crippen LogP contribution in [0.4, 0.5) is 0 Å². The van der Waals surface area contributed by atoms with Crippen molar-refractivity contribution >= 4 is 22.7 Å². The zero-order valence-corrected chi connectivity index (χ0v) is 12.5. The maximum absolute atomic E-state index is 12.4. The molecule has 0 aliphatic heterocycles. The summed E-state index contributed by atoms with van der Waals surface area (Å²) in [5, 5.41) is 20.0. The summed E-state index contributed by atoms with van der Waals surface area (Å²) in [5.41, 5.74) is 6.74. The van der Waals surface area contributed by atoms with E-state index in [4.69, 9.17) is 10.8 Å². The predicted molar refractivity (Wildman–Crippen MR) is 82.3 cm³/mol. The van der Waals surface area contributed by atoms with Crippen molar-refractivity contribution in [2.24, 2.45) is 5.73 Å². The van der Waals surface area contributed by atoms with E-state index >= 15 is 0 Å². The third-order valence-electron chi connectivity index (χ3n) is 3.72. The van der Waals surface area contributed by atoms with E-state index in [1.807, 2.05) is 6.92 Å². The number of Topliss-reactive ketones (excluding diaryl/α,β-unsaturated/α-hetero) is 1. The molecule has 0 spiro atoms. The second-order valence-corrected chi connectivity index (χ2v) is 5.33. The molecule has 1 atom stereocenters. The smallest absolute Gasteiger partial charge is 0.320 e. The lowest BCUT2D eigenvalue weighted by Crippen LogP contribution is -2.32. The first-order valence-electron chi connectivity index (χ1n) is 7.30. The van der Waals surface area contributed by atoms with Gasteiger partial charge >= 0.3 is 5.97 Å². The number of hydrogen-bond acceptors (Lipinski definition) is 4. The Morgan fingerprint density at radius 2 is 2.00 bits per heavy atom. The Kier molecular flexibility index (Phi) is 4.82. The first-order valence-corrected chi connectivity index (χ1v) is 7.30. The number of ketones is 1. The highest BCUT2D eigenvalue weighted by atomic mass is 16.5. The minimum Gasteiger partial charge on any atom is -0.480 e. The number of benzene rings is 1. The Bertz CT molecular complexity index is 705. The molecule has 1 aromatic heterocycles. The van der Waals surface area contributed by atoms with E-state index in [-0.39, 0.29) is 17.9 Å². The van der Waals surface area contributed by atoms with E-state index in [0.717, 1.165) is 11.2 Å². The van der Waals surface area contributed by atoms with Crippen LogP contribution in [-0.4, -0.2) is 32.8 Å². The van der Waals surface area contributed by atoms with Gasteiger partial charge in [-0.25, -0.2) is 0 Å². The first kappa shape index (κ1) is 16.0. The Balaban J connectivity index is 2.54. The van der Waals surface area contributed by atoms with Crippen molar-refractivity contribution in [1.82, 2.24) is 4.73 Å². The van der Waals surface area contributed by atoms with E-state index in [2.05, 4.69) is 0 Å². The summed E-state index contributed by atoms with van der Waals surface area (Å²) in [5.74, 6) is -1.34. The van der Waals surface area contributed by atoms with Crippen LogP contribution >= 0.6 is 0 Å². The highest BCUT2D eigenvalue weighted by Crippen LogP contribution is 2.27. The number of carboxylic acids is 1. The lowest BCUT2D eigenvalue weighted by molar-refractivity contribution is -0.138. The zero-order valence-electron chi connectivity index (χ0n) is 12.5. The van der Waals surface area contributed by atoms with Crippen molar-refractivity contribution < 1.29 is 19.9 Å². The number of aromatic nitrogens is 1. The Morgan fingerprint density at radius 3 is 2.64 bits per heavy atom. The number of unbranched alkanes of at least 4 members (excludes halogenated alkanes) is 1. The summed E-state index contributed by atoms with van der Waals surface area (Å²) in [6.45, 7) is 1.98. The van der Waals surface area contributed by atoms with Crippen LogP contribution in [-0.2, 0) is 11.2 Å². The lowest BCUT2D eigenvalue weighted by Gasteiger charge is -2.09. The number of carbonyl (C=O) groups excluding carboxylic acids is 1. The summed E-state index contributed by atoms with van der Waals surface area (Å²) < 4.78 is 0.858. The number of carbonyl (C=O) groups is 2. The van der Waals surface area contributed by atoms with Gasteiger partial charge in [-0.3, -0.25) is 9.59 Å². The van der Waals surface area contributed by atoms with Gasteiger partial charge in [-0.1, -0.05) is 31.5 Å². The average molecular weight is 304 g/mol. The second kappa shape index (κ2) is 6.62. The molecule has 6 nitrogen and oxygen atoms in total. The molecule has 0 saturated carbocycles. The molecule has 2 rings (SSSR count). The van der Waals surface area contributed by atoms with Gasteiger partial charge < -0.3 is 16.0 Å². The third kappa shape index (κ3) is 2.96. The maximum Gasteiger partial charge on any atom is 0.320 e. The molecule has 118 valence electrons. The summed E-state index contributed by atoms with van der Waals surface area (Å²) in [6.07, 6.45) is 1.88. The molecule has 0 saturated heterocycles. The number of nitrogens with zero attached hydrogens (tertiary/aromatic N) is 1. The molecule has 4 N–H and O–H groups in total. The fraction of sp³-hybridized carbons (Fsp3) is 0.375. The average Bonchev–Trinajstić information content (AvgIpc) is 2.78. The number of para-hydroxylation sites is 1. The van der Waals surface area contributed by atoms with Gasteiger partial charge in [0, 0.05) is 18.2 Å². The van der Waals surface area contributed by atoms with Crippen molar-refractivity contribution in [2.75, 3.05) is 0 Å².